The summed E-state index contributed by atoms with van der Waals surface area (Å²) in [4.78, 5) is 34.8. The van der Waals surface area contributed by atoms with Crippen LogP contribution in [-0.2, 0) is 9.59 Å². The molecule has 0 spiro atoms. The van der Waals surface area contributed by atoms with Crippen LogP contribution in [0.3, 0.4) is 0 Å². The summed E-state index contributed by atoms with van der Waals surface area (Å²) in [5.74, 6) is 0.796. The fourth-order valence-corrected chi connectivity index (χ4v) is 6.06. The van der Waals surface area contributed by atoms with E-state index in [0.717, 1.165) is 51.6 Å². The van der Waals surface area contributed by atoms with Crippen molar-refractivity contribution in [1.29, 1.82) is 0 Å². The number of hydrogen-bond acceptors (Lipinski definition) is 8. The molecule has 38 heavy (non-hydrogen) atoms. The lowest BCUT2D eigenvalue weighted by Gasteiger charge is -2.41. The summed E-state index contributed by atoms with van der Waals surface area (Å²) in [6.45, 7) is 20.0. The van der Waals surface area contributed by atoms with Gasteiger partial charge in [-0.25, -0.2) is 0 Å². The number of nitrogens with one attached hydrogen (secondary N) is 2. The molecule has 4 fully saturated rings. The number of carbonyl (C=O) groups excluding carboxylic acids is 2. The van der Waals surface area contributed by atoms with E-state index >= 15 is 0 Å². The quantitative estimate of drug-likeness (QED) is 0.370. The molecule has 4 aliphatic rings. The van der Waals surface area contributed by atoms with Gasteiger partial charge in [-0.2, -0.15) is 0 Å². The minimum absolute atomic E-state index is 0.185. The van der Waals surface area contributed by atoms with Gasteiger partial charge in [-0.1, -0.05) is 6.92 Å². The number of carbonyl (C=O) groups is 2. The molecule has 1 unspecified atom stereocenters. The molecule has 10 heteroatoms. The molecule has 220 valence electrons. The second-order valence-corrected chi connectivity index (χ2v) is 12.0. The van der Waals surface area contributed by atoms with E-state index in [0.29, 0.717) is 25.2 Å². The van der Waals surface area contributed by atoms with Crippen molar-refractivity contribution in [2.24, 2.45) is 11.7 Å². The zero-order valence-corrected chi connectivity index (χ0v) is 24.5. The molecule has 4 saturated heterocycles. The minimum atomic E-state index is -0.206. The number of nitrogens with two attached hydrogens (primary N) is 1. The first-order chi connectivity index (χ1) is 18.3. The third kappa shape index (κ3) is 11.4. The van der Waals surface area contributed by atoms with Crippen LogP contribution in [0.5, 0.6) is 0 Å². The summed E-state index contributed by atoms with van der Waals surface area (Å²) < 4.78 is 0. The number of amides is 2. The van der Waals surface area contributed by atoms with Gasteiger partial charge in [-0.05, 0) is 65.1 Å². The molecule has 0 aromatic carbocycles. The van der Waals surface area contributed by atoms with Crippen LogP contribution in [0.1, 0.15) is 46.0 Å². The molecule has 0 aromatic rings. The maximum atomic E-state index is 11.9. The highest BCUT2D eigenvalue weighted by atomic mass is 16.2. The van der Waals surface area contributed by atoms with E-state index < -0.39 is 0 Å². The van der Waals surface area contributed by atoms with E-state index in [-0.39, 0.29) is 11.8 Å². The van der Waals surface area contributed by atoms with Crippen LogP contribution >= 0.6 is 0 Å². The second kappa shape index (κ2) is 16.7. The predicted octanol–water partition coefficient (Wildman–Crippen LogP) is -0.298. The number of piperidine rings is 2. The van der Waals surface area contributed by atoms with Crippen molar-refractivity contribution < 1.29 is 9.59 Å². The first kappa shape index (κ1) is 31.2. The molecule has 4 rings (SSSR count). The van der Waals surface area contributed by atoms with Crippen molar-refractivity contribution >= 4 is 11.8 Å². The van der Waals surface area contributed by atoms with Gasteiger partial charge in [0.05, 0.1) is 13.1 Å². The number of rotatable bonds is 9. The summed E-state index contributed by atoms with van der Waals surface area (Å²) in [6.07, 6.45) is 5.83. The Labute approximate surface area is 231 Å². The van der Waals surface area contributed by atoms with Crippen LogP contribution < -0.4 is 16.4 Å². The van der Waals surface area contributed by atoms with Crippen LogP contribution in [0, 0.1) is 5.92 Å². The van der Waals surface area contributed by atoms with Crippen molar-refractivity contribution in [2.75, 3.05) is 105 Å². The first-order valence-electron chi connectivity index (χ1n) is 15.2. The Bertz CT molecular complexity index is 680. The SMILES string of the molecule is CCC(C)NC(=O)CN1CCC(CN2CCNCC2)CC1.CN1CCN(C2CCN(CC(N)=O)CC2)CC1. The summed E-state index contributed by atoms with van der Waals surface area (Å²) >= 11 is 0. The van der Waals surface area contributed by atoms with Gasteiger partial charge in [0, 0.05) is 84.1 Å². The lowest BCUT2D eigenvalue weighted by atomic mass is 9.96. The van der Waals surface area contributed by atoms with Gasteiger partial charge >= 0.3 is 0 Å². The summed E-state index contributed by atoms with van der Waals surface area (Å²) in [6, 6.07) is 1.01. The number of likely N-dealkylation sites (tertiary alicyclic amines) is 2. The van der Waals surface area contributed by atoms with Gasteiger partial charge in [-0.15, -0.1) is 0 Å². The third-order valence-corrected chi connectivity index (χ3v) is 8.81. The van der Waals surface area contributed by atoms with Gasteiger partial charge in [0.25, 0.3) is 0 Å². The van der Waals surface area contributed by atoms with Crippen LogP contribution in [0.4, 0.5) is 0 Å². The number of hydrogen-bond donors (Lipinski definition) is 3. The molecule has 0 bridgehead atoms. The zero-order chi connectivity index (χ0) is 27.3. The second-order valence-electron chi connectivity index (χ2n) is 12.0. The molecule has 0 saturated carbocycles. The van der Waals surface area contributed by atoms with Gasteiger partial charge in [0.15, 0.2) is 0 Å². The van der Waals surface area contributed by atoms with E-state index in [9.17, 15) is 9.59 Å². The molecule has 1 atom stereocenters. The smallest absolute Gasteiger partial charge is 0.234 e. The normalized spacial score (nSPS) is 24.9. The van der Waals surface area contributed by atoms with Crippen molar-refractivity contribution in [3.63, 3.8) is 0 Å². The standard InChI is InChI=1S/C16H32N4O.C12H24N4O/c1-3-14(2)18-16(21)13-19-8-4-15(5-9-19)12-20-10-6-17-7-11-20;1-14-6-8-16(9-7-14)11-2-4-15(5-3-11)10-12(13)17/h14-15,17H,3-13H2,1-2H3,(H,18,21);11H,2-10H2,1H3,(H2,13,17). The molecule has 10 nitrogen and oxygen atoms in total. The average molecular weight is 537 g/mol. The van der Waals surface area contributed by atoms with Gasteiger partial charge in [0.1, 0.15) is 0 Å². The van der Waals surface area contributed by atoms with E-state index in [1.807, 2.05) is 0 Å². The van der Waals surface area contributed by atoms with Crippen molar-refractivity contribution in [1.82, 2.24) is 35.1 Å². The Hall–Kier alpha value is -1.30. The van der Waals surface area contributed by atoms with Crippen molar-refractivity contribution in [3.05, 3.63) is 0 Å². The highest BCUT2D eigenvalue weighted by Gasteiger charge is 2.27. The Kier molecular flexibility index (Phi) is 13.7. The maximum absolute atomic E-state index is 11.9. The Balaban J connectivity index is 0.000000215. The first-order valence-corrected chi connectivity index (χ1v) is 15.2. The lowest BCUT2D eigenvalue weighted by Crippen LogP contribution is -2.52. The number of primary amides is 1. The minimum Gasteiger partial charge on any atom is -0.369 e. The van der Waals surface area contributed by atoms with Gasteiger partial charge in [0.2, 0.25) is 11.8 Å². The molecule has 2 amide bonds. The number of likely N-dealkylation sites (N-methyl/N-ethyl adjacent to an activating group) is 1. The lowest BCUT2D eigenvalue weighted by molar-refractivity contribution is -0.123. The number of nitrogens with zero attached hydrogens (tertiary/aromatic N) is 5. The van der Waals surface area contributed by atoms with Crippen LogP contribution in [0.15, 0.2) is 0 Å². The topological polar surface area (TPSA) is 100 Å². The van der Waals surface area contributed by atoms with E-state index in [1.165, 1.54) is 71.5 Å². The van der Waals surface area contributed by atoms with Crippen LogP contribution in [-0.4, -0.2) is 154 Å². The van der Waals surface area contributed by atoms with Crippen molar-refractivity contribution in [2.45, 2.75) is 58.0 Å². The molecule has 0 aromatic heterocycles. The fraction of sp³-hybridized carbons (Fsp3) is 0.929. The van der Waals surface area contributed by atoms with Crippen LogP contribution in [0.2, 0.25) is 0 Å². The molecular formula is C28H56N8O2. The van der Waals surface area contributed by atoms with Gasteiger partial charge in [-0.3, -0.25) is 24.3 Å². The van der Waals surface area contributed by atoms with Crippen LogP contribution in [0.25, 0.3) is 0 Å². The summed E-state index contributed by atoms with van der Waals surface area (Å²) in [7, 11) is 2.19. The Morgan fingerprint density at radius 2 is 1.42 bits per heavy atom. The summed E-state index contributed by atoms with van der Waals surface area (Å²) in [5, 5.41) is 6.46. The molecule has 4 N–H and O–H groups in total. The molecule has 4 heterocycles. The molecule has 0 aliphatic carbocycles. The molecular weight excluding hydrogens is 480 g/mol. The van der Waals surface area contributed by atoms with E-state index in [1.54, 1.807) is 0 Å². The monoisotopic (exact) mass is 536 g/mol. The molecule has 4 aliphatic heterocycles. The zero-order valence-electron chi connectivity index (χ0n) is 24.5. The van der Waals surface area contributed by atoms with Gasteiger partial charge < -0.3 is 26.2 Å². The highest BCUT2D eigenvalue weighted by molar-refractivity contribution is 5.78. The summed E-state index contributed by atoms with van der Waals surface area (Å²) in [5.41, 5.74) is 5.22. The fourth-order valence-electron chi connectivity index (χ4n) is 6.06. The third-order valence-electron chi connectivity index (χ3n) is 8.81. The predicted molar refractivity (Wildman–Crippen MR) is 154 cm³/mol. The highest BCUT2D eigenvalue weighted by Crippen LogP contribution is 2.19. The maximum Gasteiger partial charge on any atom is 0.234 e. The molecule has 0 radical (unpaired) electrons. The van der Waals surface area contributed by atoms with E-state index in [4.69, 9.17) is 5.73 Å². The largest absolute Gasteiger partial charge is 0.369 e. The van der Waals surface area contributed by atoms with E-state index in [2.05, 4.69) is 56.0 Å². The Morgan fingerprint density at radius 1 is 0.842 bits per heavy atom. The Morgan fingerprint density at radius 3 is 2.00 bits per heavy atom. The number of piperazine rings is 2. The van der Waals surface area contributed by atoms with Crippen molar-refractivity contribution in [3.8, 4) is 0 Å². The average Bonchev–Trinajstić information content (AvgIpc) is 2.91.